The van der Waals surface area contributed by atoms with E-state index >= 15 is 0 Å². The summed E-state index contributed by atoms with van der Waals surface area (Å²) in [5.41, 5.74) is 3.44. The summed E-state index contributed by atoms with van der Waals surface area (Å²) in [5, 5.41) is 9.67. The minimum atomic E-state index is -3.95. The molecule has 29 heavy (non-hydrogen) atoms. The van der Waals surface area contributed by atoms with Gasteiger partial charge in [0, 0.05) is 11.8 Å². The maximum atomic E-state index is 13.1. The van der Waals surface area contributed by atoms with Crippen LogP contribution < -0.4 is 0 Å². The average molecular weight is 399 g/mol. The summed E-state index contributed by atoms with van der Waals surface area (Å²) in [7, 11) is -3.95. The van der Waals surface area contributed by atoms with Crippen LogP contribution >= 0.6 is 0 Å². The van der Waals surface area contributed by atoms with Gasteiger partial charge in [-0.1, -0.05) is 54.6 Å². The third-order valence-electron chi connectivity index (χ3n) is 4.72. The molecule has 0 aliphatic carbocycles. The predicted octanol–water partition coefficient (Wildman–Crippen LogP) is 4.35. The van der Waals surface area contributed by atoms with E-state index in [0.29, 0.717) is 33.6 Å². The number of benzene rings is 2. The van der Waals surface area contributed by atoms with Crippen LogP contribution in [0.3, 0.4) is 0 Å². The quantitative estimate of drug-likeness (QED) is 0.479. The Morgan fingerprint density at radius 1 is 0.931 bits per heavy atom. The molecular weight excluding hydrogens is 382 g/mol. The summed E-state index contributed by atoms with van der Waals surface area (Å²) in [6.45, 7) is 1.81. The molecule has 0 bridgehead atoms. The third kappa shape index (κ3) is 3.33. The highest BCUT2D eigenvalue weighted by molar-refractivity contribution is 7.90. The van der Waals surface area contributed by atoms with Crippen LogP contribution in [0.15, 0.2) is 94.4 Å². The topological polar surface area (TPSA) is 74.7 Å². The number of sulfonamides is 1. The summed E-state index contributed by atoms with van der Waals surface area (Å²) >= 11 is 0. The molecule has 0 saturated carbocycles. The number of nitriles is 1. The number of aromatic nitrogens is 1. The van der Waals surface area contributed by atoms with Crippen LogP contribution in [0.5, 0.6) is 0 Å². The summed E-state index contributed by atoms with van der Waals surface area (Å²) in [5.74, 6) is 0. The number of fused-ring (bicyclic) bond motifs is 1. The monoisotopic (exact) mass is 399 g/mol. The van der Waals surface area contributed by atoms with Crippen molar-refractivity contribution in [2.45, 2.75) is 11.8 Å². The Hall–Kier alpha value is -3.69. The standard InChI is InChI=1S/C23H17N3O2S/c1-17-20(16-24)21-14-8-9-15-26(21)23(17)22(18-10-4-2-5-11-18)25-29(27,28)19-12-6-3-7-13-19/h2-15H,1H3. The lowest BCUT2D eigenvalue weighted by atomic mass is 10.0. The fraction of sp³-hybridized carbons (Fsp3) is 0.0435. The van der Waals surface area contributed by atoms with Gasteiger partial charge >= 0.3 is 0 Å². The highest BCUT2D eigenvalue weighted by Gasteiger charge is 2.23. The molecule has 0 N–H and O–H groups in total. The molecule has 0 saturated heterocycles. The van der Waals surface area contributed by atoms with Crippen molar-refractivity contribution < 1.29 is 8.42 Å². The molecule has 5 nitrogen and oxygen atoms in total. The third-order valence-corrected chi connectivity index (χ3v) is 6.01. The Morgan fingerprint density at radius 3 is 2.21 bits per heavy atom. The first kappa shape index (κ1) is 18.7. The molecule has 0 radical (unpaired) electrons. The Labute approximate surface area is 169 Å². The van der Waals surface area contributed by atoms with E-state index in [0.717, 1.165) is 0 Å². The summed E-state index contributed by atoms with van der Waals surface area (Å²) in [6.07, 6.45) is 1.81. The van der Waals surface area contributed by atoms with Crippen molar-refractivity contribution in [2.75, 3.05) is 0 Å². The Morgan fingerprint density at radius 2 is 1.55 bits per heavy atom. The van der Waals surface area contributed by atoms with Crippen molar-refractivity contribution >= 4 is 21.3 Å². The number of rotatable bonds is 4. The van der Waals surface area contributed by atoms with E-state index in [2.05, 4.69) is 10.5 Å². The molecule has 0 atom stereocenters. The van der Waals surface area contributed by atoms with E-state index in [4.69, 9.17) is 0 Å². The zero-order valence-electron chi connectivity index (χ0n) is 15.6. The predicted molar refractivity (Wildman–Crippen MR) is 113 cm³/mol. The summed E-state index contributed by atoms with van der Waals surface area (Å²) < 4.78 is 32.2. The van der Waals surface area contributed by atoms with Crippen LogP contribution in [-0.4, -0.2) is 18.5 Å². The molecular formula is C23H17N3O2S. The lowest BCUT2D eigenvalue weighted by molar-refractivity contribution is 0.598. The molecule has 142 valence electrons. The van der Waals surface area contributed by atoms with Gasteiger partial charge in [0.2, 0.25) is 0 Å². The fourth-order valence-electron chi connectivity index (χ4n) is 3.36. The molecule has 0 aliphatic heterocycles. The number of nitrogens with zero attached hydrogens (tertiary/aromatic N) is 3. The van der Waals surface area contributed by atoms with Crippen LogP contribution in [0.1, 0.15) is 22.4 Å². The molecule has 0 fully saturated rings. The van der Waals surface area contributed by atoms with Gasteiger partial charge in [-0.15, -0.1) is 0 Å². The van der Waals surface area contributed by atoms with E-state index < -0.39 is 10.0 Å². The van der Waals surface area contributed by atoms with Crippen molar-refractivity contribution in [3.63, 3.8) is 0 Å². The minimum Gasteiger partial charge on any atom is -0.313 e. The molecule has 2 heterocycles. The van der Waals surface area contributed by atoms with Crippen molar-refractivity contribution in [2.24, 2.45) is 4.40 Å². The van der Waals surface area contributed by atoms with Crippen LogP contribution in [0.2, 0.25) is 0 Å². The SMILES string of the molecule is Cc1c(C#N)c2ccccn2c1C(=NS(=O)(=O)c1ccccc1)c1ccccc1. The van der Waals surface area contributed by atoms with Gasteiger partial charge in [0.15, 0.2) is 0 Å². The van der Waals surface area contributed by atoms with Gasteiger partial charge in [0.1, 0.15) is 11.8 Å². The van der Waals surface area contributed by atoms with Crippen molar-refractivity contribution in [3.8, 4) is 6.07 Å². The largest absolute Gasteiger partial charge is 0.313 e. The molecule has 6 heteroatoms. The van der Waals surface area contributed by atoms with Crippen LogP contribution in [0.25, 0.3) is 5.52 Å². The molecule has 2 aromatic carbocycles. The number of pyridine rings is 1. The van der Waals surface area contributed by atoms with Crippen LogP contribution in [-0.2, 0) is 10.0 Å². The lowest BCUT2D eigenvalue weighted by Gasteiger charge is -2.10. The normalized spacial score (nSPS) is 12.1. The second-order valence-corrected chi connectivity index (χ2v) is 8.11. The highest BCUT2D eigenvalue weighted by Crippen LogP contribution is 2.26. The van der Waals surface area contributed by atoms with Gasteiger partial charge in [0.05, 0.1) is 21.7 Å². The smallest absolute Gasteiger partial charge is 0.282 e. The molecule has 4 aromatic rings. The summed E-state index contributed by atoms with van der Waals surface area (Å²) in [6, 6.07) is 25.0. The van der Waals surface area contributed by atoms with Crippen molar-refractivity contribution in [1.29, 1.82) is 5.26 Å². The zero-order valence-corrected chi connectivity index (χ0v) is 16.5. The van der Waals surface area contributed by atoms with Gasteiger partial charge in [-0.25, -0.2) is 0 Å². The number of hydrogen-bond donors (Lipinski definition) is 0. The zero-order chi connectivity index (χ0) is 20.4. The molecule has 0 aliphatic rings. The molecule has 0 spiro atoms. The maximum Gasteiger partial charge on any atom is 0.282 e. The van der Waals surface area contributed by atoms with E-state index in [1.165, 1.54) is 12.1 Å². The lowest BCUT2D eigenvalue weighted by Crippen LogP contribution is -2.12. The van der Waals surface area contributed by atoms with Crippen molar-refractivity contribution in [1.82, 2.24) is 4.40 Å². The second-order valence-electron chi connectivity index (χ2n) is 6.51. The molecule has 4 rings (SSSR count). The average Bonchev–Trinajstić information content (AvgIpc) is 3.04. The first-order valence-corrected chi connectivity index (χ1v) is 10.4. The number of hydrogen-bond acceptors (Lipinski definition) is 3. The van der Waals surface area contributed by atoms with Crippen molar-refractivity contribution in [3.05, 3.63) is 107 Å². The van der Waals surface area contributed by atoms with Gasteiger partial charge in [0.25, 0.3) is 10.0 Å². The summed E-state index contributed by atoms with van der Waals surface area (Å²) in [4.78, 5) is 0.118. The Bertz CT molecular complexity index is 1360. The first-order chi connectivity index (χ1) is 14.0. The van der Waals surface area contributed by atoms with E-state index in [9.17, 15) is 13.7 Å². The van der Waals surface area contributed by atoms with Crippen LogP contribution in [0.4, 0.5) is 0 Å². The van der Waals surface area contributed by atoms with E-state index in [1.54, 1.807) is 18.2 Å². The first-order valence-electron chi connectivity index (χ1n) is 8.98. The Kier molecular flexibility index (Phi) is 4.75. The Balaban J connectivity index is 2.07. The van der Waals surface area contributed by atoms with Crippen LogP contribution in [0, 0.1) is 18.3 Å². The second kappa shape index (κ2) is 7.38. The highest BCUT2D eigenvalue weighted by atomic mass is 32.2. The molecule has 0 amide bonds. The fourth-order valence-corrected chi connectivity index (χ4v) is 4.40. The molecule has 2 aromatic heterocycles. The van der Waals surface area contributed by atoms with E-state index in [1.807, 2.05) is 66.1 Å². The maximum absolute atomic E-state index is 13.1. The van der Waals surface area contributed by atoms with Gasteiger partial charge in [-0.05, 0) is 36.8 Å². The minimum absolute atomic E-state index is 0.118. The van der Waals surface area contributed by atoms with E-state index in [-0.39, 0.29) is 4.90 Å². The van der Waals surface area contributed by atoms with Gasteiger partial charge in [-0.2, -0.15) is 18.1 Å². The van der Waals surface area contributed by atoms with Gasteiger partial charge in [-0.3, -0.25) is 0 Å². The van der Waals surface area contributed by atoms with Gasteiger partial charge < -0.3 is 4.40 Å². The molecule has 0 unspecified atom stereocenters.